The van der Waals surface area contributed by atoms with E-state index in [0.717, 1.165) is 103 Å². The Bertz CT molecular complexity index is 1620. The van der Waals surface area contributed by atoms with Gasteiger partial charge >= 0.3 is 17.9 Å². The molecule has 0 rings (SSSR count). The molecule has 464 valence electrons. The van der Waals surface area contributed by atoms with Gasteiger partial charge in [0.15, 0.2) is 6.10 Å². The molecule has 0 aromatic rings. The Morgan fingerprint density at radius 1 is 0.259 bits per heavy atom. The molecule has 0 fully saturated rings. The van der Waals surface area contributed by atoms with E-state index in [1.807, 2.05) is 0 Å². The molecular formula is C75H128O6. The first-order valence-corrected chi connectivity index (χ1v) is 34.4. The Labute approximate surface area is 501 Å². The molecule has 0 aliphatic heterocycles. The number of rotatable bonds is 62. The van der Waals surface area contributed by atoms with Gasteiger partial charge in [-0.05, 0) is 122 Å². The summed E-state index contributed by atoms with van der Waals surface area (Å²) < 4.78 is 16.9. The maximum Gasteiger partial charge on any atom is 0.306 e. The number of allylic oxidation sites excluding steroid dienone is 18. The zero-order chi connectivity index (χ0) is 58.5. The summed E-state index contributed by atoms with van der Waals surface area (Å²) in [6.45, 7) is 6.47. The van der Waals surface area contributed by atoms with Crippen LogP contribution in [-0.4, -0.2) is 37.2 Å². The molecule has 6 heteroatoms. The van der Waals surface area contributed by atoms with Crippen LogP contribution in [-0.2, 0) is 28.6 Å². The van der Waals surface area contributed by atoms with Gasteiger partial charge in [0.05, 0.1) is 0 Å². The second kappa shape index (κ2) is 68.6. The predicted molar refractivity (Wildman–Crippen MR) is 353 cm³/mol. The summed E-state index contributed by atoms with van der Waals surface area (Å²) >= 11 is 0. The molecule has 1 unspecified atom stereocenters. The highest BCUT2D eigenvalue weighted by Gasteiger charge is 2.19. The van der Waals surface area contributed by atoms with Crippen molar-refractivity contribution in [2.75, 3.05) is 13.2 Å². The van der Waals surface area contributed by atoms with Crippen molar-refractivity contribution < 1.29 is 28.6 Å². The van der Waals surface area contributed by atoms with E-state index in [1.165, 1.54) is 180 Å². The fourth-order valence-electron chi connectivity index (χ4n) is 9.60. The summed E-state index contributed by atoms with van der Waals surface area (Å²) in [6.07, 6.45) is 94.0. The van der Waals surface area contributed by atoms with E-state index in [2.05, 4.69) is 130 Å². The van der Waals surface area contributed by atoms with Gasteiger partial charge in [-0.1, -0.05) is 297 Å². The van der Waals surface area contributed by atoms with Crippen molar-refractivity contribution in [3.63, 3.8) is 0 Å². The summed E-state index contributed by atoms with van der Waals surface area (Å²) in [7, 11) is 0. The van der Waals surface area contributed by atoms with E-state index in [4.69, 9.17) is 14.2 Å². The van der Waals surface area contributed by atoms with Crippen LogP contribution in [0.3, 0.4) is 0 Å². The molecule has 0 N–H and O–H groups in total. The van der Waals surface area contributed by atoms with Crippen molar-refractivity contribution in [3.8, 4) is 0 Å². The van der Waals surface area contributed by atoms with Crippen LogP contribution in [0.4, 0.5) is 0 Å². The molecule has 0 aromatic carbocycles. The van der Waals surface area contributed by atoms with Crippen molar-refractivity contribution in [2.45, 2.75) is 335 Å². The van der Waals surface area contributed by atoms with E-state index in [0.29, 0.717) is 19.3 Å². The van der Waals surface area contributed by atoms with Crippen LogP contribution >= 0.6 is 0 Å². The summed E-state index contributed by atoms with van der Waals surface area (Å²) in [6, 6.07) is 0. The number of ether oxygens (including phenoxy) is 3. The van der Waals surface area contributed by atoms with Crippen LogP contribution in [0.15, 0.2) is 109 Å². The molecule has 1 atom stereocenters. The minimum atomic E-state index is -0.811. The molecule has 0 saturated carbocycles. The molecule has 0 amide bonds. The lowest BCUT2D eigenvalue weighted by atomic mass is 10.0. The summed E-state index contributed by atoms with van der Waals surface area (Å²) in [4.78, 5) is 38.4. The number of carbonyl (C=O) groups is 3. The largest absolute Gasteiger partial charge is 0.462 e. The lowest BCUT2D eigenvalue weighted by Crippen LogP contribution is -2.30. The number of carbonyl (C=O) groups excluding carboxylic acids is 3. The molecule has 0 heterocycles. The third-order valence-corrected chi connectivity index (χ3v) is 14.7. The highest BCUT2D eigenvalue weighted by Crippen LogP contribution is 2.17. The molecule has 0 radical (unpaired) electrons. The molecule has 0 aromatic heterocycles. The number of esters is 3. The zero-order valence-electron chi connectivity index (χ0n) is 53.3. The van der Waals surface area contributed by atoms with E-state index < -0.39 is 6.10 Å². The van der Waals surface area contributed by atoms with Crippen LogP contribution in [0.1, 0.15) is 329 Å². The average Bonchev–Trinajstić information content (AvgIpc) is 3.47. The van der Waals surface area contributed by atoms with E-state index in [-0.39, 0.29) is 37.5 Å². The minimum Gasteiger partial charge on any atom is -0.462 e. The van der Waals surface area contributed by atoms with Crippen molar-refractivity contribution in [2.24, 2.45) is 0 Å². The van der Waals surface area contributed by atoms with Crippen LogP contribution in [0.25, 0.3) is 0 Å². The van der Waals surface area contributed by atoms with Crippen molar-refractivity contribution in [3.05, 3.63) is 109 Å². The first-order chi connectivity index (χ1) is 40.0. The van der Waals surface area contributed by atoms with E-state index in [1.54, 1.807) is 0 Å². The predicted octanol–water partition coefficient (Wildman–Crippen LogP) is 23.8. The van der Waals surface area contributed by atoms with Gasteiger partial charge < -0.3 is 14.2 Å². The first-order valence-electron chi connectivity index (χ1n) is 34.4. The first kappa shape index (κ1) is 77.1. The average molecular weight is 1130 g/mol. The molecule has 0 bridgehead atoms. The van der Waals surface area contributed by atoms with Crippen LogP contribution in [0.5, 0.6) is 0 Å². The van der Waals surface area contributed by atoms with Crippen LogP contribution in [0.2, 0.25) is 0 Å². The molecule has 81 heavy (non-hydrogen) atoms. The second-order valence-corrected chi connectivity index (χ2v) is 22.7. The molecular weight excluding hydrogens is 997 g/mol. The summed E-state index contributed by atoms with van der Waals surface area (Å²) in [5.74, 6) is -0.964. The van der Waals surface area contributed by atoms with Crippen molar-refractivity contribution in [1.29, 1.82) is 0 Å². The number of hydrogen-bond acceptors (Lipinski definition) is 6. The quantitative estimate of drug-likeness (QED) is 0.0261. The van der Waals surface area contributed by atoms with Gasteiger partial charge in [0.1, 0.15) is 13.2 Å². The molecule has 0 saturated heterocycles. The highest BCUT2D eigenvalue weighted by molar-refractivity contribution is 5.71. The smallest absolute Gasteiger partial charge is 0.306 e. The van der Waals surface area contributed by atoms with Gasteiger partial charge in [-0.15, -0.1) is 0 Å². The number of unbranched alkanes of at least 4 members (excludes halogenated alkanes) is 33. The Morgan fingerprint density at radius 3 is 0.840 bits per heavy atom. The Morgan fingerprint density at radius 2 is 0.494 bits per heavy atom. The lowest BCUT2D eigenvalue weighted by Gasteiger charge is -2.18. The van der Waals surface area contributed by atoms with Crippen molar-refractivity contribution >= 4 is 17.9 Å². The van der Waals surface area contributed by atoms with Gasteiger partial charge in [-0.2, -0.15) is 0 Å². The highest BCUT2D eigenvalue weighted by atomic mass is 16.6. The Hall–Kier alpha value is -3.93. The molecule has 0 spiro atoms. The lowest BCUT2D eigenvalue weighted by molar-refractivity contribution is -0.167. The second-order valence-electron chi connectivity index (χ2n) is 22.7. The van der Waals surface area contributed by atoms with Crippen molar-refractivity contribution in [1.82, 2.24) is 0 Å². The van der Waals surface area contributed by atoms with Gasteiger partial charge in [-0.3, -0.25) is 14.4 Å². The maximum absolute atomic E-state index is 12.9. The summed E-state index contributed by atoms with van der Waals surface area (Å²) in [5.41, 5.74) is 0. The molecule has 0 aliphatic rings. The van der Waals surface area contributed by atoms with Gasteiger partial charge in [0.25, 0.3) is 0 Å². The standard InChI is InChI=1S/C75H128O6/c1-4-7-10-13-16-19-22-25-28-31-33-34-35-36-37-38-39-40-42-44-47-50-53-56-59-62-65-68-74(77)80-71-72(70-79-73(76)67-64-61-58-55-52-49-46-43-30-27-24-21-18-15-12-9-6-3)81-75(78)69-66-63-60-57-54-51-48-45-41-32-29-26-23-20-17-14-11-8-5-2/h9,12,17-18,20-21,26-27,29-31,33,41,45-46,49,55,58,72H,4-8,10-11,13-16,19,22-25,28,32,34-40,42-44,47-48,50-54,56-57,59-71H2,1-3H3/b12-9-,20-17-,21-18-,29-26-,30-27-,33-31-,45-41-,49-46-,58-55-. The van der Waals surface area contributed by atoms with Gasteiger partial charge in [-0.25, -0.2) is 0 Å². The topological polar surface area (TPSA) is 78.9 Å². The fourth-order valence-corrected chi connectivity index (χ4v) is 9.60. The van der Waals surface area contributed by atoms with Gasteiger partial charge in [0, 0.05) is 19.3 Å². The van der Waals surface area contributed by atoms with Crippen LogP contribution in [0, 0.1) is 0 Å². The fraction of sp³-hybridized carbons (Fsp3) is 0.720. The number of hydrogen-bond donors (Lipinski definition) is 0. The Kier molecular flexibility index (Phi) is 65.2. The monoisotopic (exact) mass is 1120 g/mol. The third-order valence-electron chi connectivity index (χ3n) is 14.7. The Balaban J connectivity index is 4.38. The van der Waals surface area contributed by atoms with E-state index in [9.17, 15) is 14.4 Å². The summed E-state index contributed by atoms with van der Waals surface area (Å²) in [5, 5.41) is 0. The van der Waals surface area contributed by atoms with Gasteiger partial charge in [0.2, 0.25) is 0 Å². The SMILES string of the molecule is CC/C=C\C/C=C\C/C=C\C/C=C\C/C=C\CCCC(=O)OCC(COC(=O)CCCCCCCCCCCCCCCCC/C=C\CCCCCCCCCC)OC(=O)CCCCCCCC/C=C\C/C=C\C/C=C\CCCCC. The maximum atomic E-state index is 12.9. The molecule has 6 nitrogen and oxygen atoms in total. The third kappa shape index (κ3) is 66.8. The molecule has 0 aliphatic carbocycles. The zero-order valence-corrected chi connectivity index (χ0v) is 53.3. The normalized spacial score (nSPS) is 12.8. The van der Waals surface area contributed by atoms with E-state index >= 15 is 0 Å². The minimum absolute atomic E-state index is 0.101. The van der Waals surface area contributed by atoms with Crippen LogP contribution < -0.4 is 0 Å².